The van der Waals surface area contributed by atoms with Crippen LogP contribution in [0.5, 0.6) is 0 Å². The number of unbranched alkanes of at least 4 members (excludes halogenated alkanes) is 5. The molecule has 0 aromatic rings. The maximum atomic E-state index is 10.3. The van der Waals surface area contributed by atoms with Crippen LogP contribution in [0.1, 0.15) is 64.2 Å². The van der Waals surface area contributed by atoms with Gasteiger partial charge in [-0.15, -0.1) is 0 Å². The summed E-state index contributed by atoms with van der Waals surface area (Å²) in [6, 6.07) is 0. The fraction of sp³-hybridized carbons (Fsp3) is 0.556. The molecule has 0 unspecified atom stereocenters. The molecule has 3 nitrogen and oxygen atoms in total. The Bertz CT molecular complexity index is 340. The normalized spacial score (nSPS) is 11.8. The Kier molecular flexibility index (Phi) is 15.1. The van der Waals surface area contributed by atoms with Crippen LogP contribution in [-0.4, -0.2) is 17.4 Å². The summed E-state index contributed by atoms with van der Waals surface area (Å²) in [4.78, 5) is 20.4. The standard InChI is InChI=1S/C18H28O3/c19-17-15-13-11-9-7-5-3-1-2-4-6-8-10-12-14-16-18(20)21/h1-2,5,7,11,13,17H,3-4,6,8-10,12,14-16H2,(H,20,21). The number of rotatable bonds is 14. The summed E-state index contributed by atoms with van der Waals surface area (Å²) in [5.41, 5.74) is 0. The maximum Gasteiger partial charge on any atom is 0.303 e. The van der Waals surface area contributed by atoms with Crippen LogP contribution in [0.2, 0.25) is 0 Å². The lowest BCUT2D eigenvalue weighted by molar-refractivity contribution is -0.137. The number of hydrogen-bond donors (Lipinski definition) is 1. The molecule has 0 rings (SSSR count). The molecule has 21 heavy (non-hydrogen) atoms. The van der Waals surface area contributed by atoms with Crippen LogP contribution in [0, 0.1) is 0 Å². The quantitative estimate of drug-likeness (QED) is 0.283. The van der Waals surface area contributed by atoms with Gasteiger partial charge >= 0.3 is 5.97 Å². The Morgan fingerprint density at radius 2 is 1.24 bits per heavy atom. The number of carboxylic acid groups (broad SMARTS) is 1. The van der Waals surface area contributed by atoms with Crippen molar-refractivity contribution in [1.82, 2.24) is 0 Å². The van der Waals surface area contributed by atoms with Crippen molar-refractivity contribution in [2.45, 2.75) is 64.2 Å². The van der Waals surface area contributed by atoms with Crippen molar-refractivity contribution in [2.75, 3.05) is 0 Å². The number of aldehydes is 1. The molecule has 0 aromatic carbocycles. The van der Waals surface area contributed by atoms with Crippen LogP contribution >= 0.6 is 0 Å². The van der Waals surface area contributed by atoms with Gasteiger partial charge in [-0.3, -0.25) is 4.79 Å². The molecule has 0 bridgehead atoms. The van der Waals surface area contributed by atoms with Crippen LogP contribution in [0.3, 0.4) is 0 Å². The topological polar surface area (TPSA) is 54.4 Å². The molecule has 0 aliphatic heterocycles. The molecule has 0 heterocycles. The zero-order valence-corrected chi connectivity index (χ0v) is 12.9. The van der Waals surface area contributed by atoms with E-state index in [1.54, 1.807) is 0 Å². The molecule has 0 fully saturated rings. The summed E-state index contributed by atoms with van der Waals surface area (Å²) in [6.45, 7) is 0. The predicted octanol–water partition coefficient (Wildman–Crippen LogP) is 4.84. The highest BCUT2D eigenvalue weighted by Crippen LogP contribution is 2.07. The van der Waals surface area contributed by atoms with Gasteiger partial charge in [-0.2, -0.15) is 0 Å². The van der Waals surface area contributed by atoms with E-state index in [0.29, 0.717) is 12.8 Å². The number of carbonyl (C=O) groups is 2. The number of carboxylic acids is 1. The summed E-state index contributed by atoms with van der Waals surface area (Å²) in [5, 5.41) is 8.50. The molecular formula is C18H28O3. The third-order valence-corrected chi connectivity index (χ3v) is 3.04. The monoisotopic (exact) mass is 292 g/mol. The number of aliphatic carboxylic acids is 1. The van der Waals surface area contributed by atoms with E-state index in [-0.39, 0.29) is 0 Å². The Labute approximate surface area is 128 Å². The minimum absolute atomic E-state index is 0.302. The van der Waals surface area contributed by atoms with Gasteiger partial charge in [0.05, 0.1) is 0 Å². The van der Waals surface area contributed by atoms with Crippen LogP contribution in [0.4, 0.5) is 0 Å². The van der Waals surface area contributed by atoms with Gasteiger partial charge in [0.15, 0.2) is 0 Å². The Morgan fingerprint density at radius 3 is 1.86 bits per heavy atom. The zero-order chi connectivity index (χ0) is 15.6. The third-order valence-electron chi connectivity index (χ3n) is 3.04. The molecule has 0 atom stereocenters. The Morgan fingerprint density at radius 1 is 0.714 bits per heavy atom. The van der Waals surface area contributed by atoms with Crippen molar-refractivity contribution in [3.8, 4) is 0 Å². The Hall–Kier alpha value is -1.64. The second-order valence-electron chi connectivity index (χ2n) is 4.99. The van der Waals surface area contributed by atoms with Crippen molar-refractivity contribution in [1.29, 1.82) is 0 Å². The first-order chi connectivity index (χ1) is 10.3. The smallest absolute Gasteiger partial charge is 0.303 e. The van der Waals surface area contributed by atoms with E-state index in [4.69, 9.17) is 5.11 Å². The molecule has 0 spiro atoms. The zero-order valence-electron chi connectivity index (χ0n) is 12.9. The largest absolute Gasteiger partial charge is 0.481 e. The molecular weight excluding hydrogens is 264 g/mol. The molecule has 0 aromatic heterocycles. The van der Waals surface area contributed by atoms with Crippen molar-refractivity contribution in [3.05, 3.63) is 36.5 Å². The highest BCUT2D eigenvalue weighted by Gasteiger charge is 1.95. The summed E-state index contributed by atoms with van der Waals surface area (Å²) in [6.07, 6.45) is 22.5. The second kappa shape index (κ2) is 16.4. The van der Waals surface area contributed by atoms with Gasteiger partial charge in [0.2, 0.25) is 0 Å². The van der Waals surface area contributed by atoms with Crippen LogP contribution in [-0.2, 0) is 9.59 Å². The Balaban J connectivity index is 3.27. The summed E-state index contributed by atoms with van der Waals surface area (Å²) in [7, 11) is 0. The second-order valence-corrected chi connectivity index (χ2v) is 4.99. The molecule has 118 valence electrons. The summed E-state index contributed by atoms with van der Waals surface area (Å²) in [5.74, 6) is -0.690. The van der Waals surface area contributed by atoms with Crippen LogP contribution in [0.15, 0.2) is 36.5 Å². The molecule has 0 radical (unpaired) electrons. The van der Waals surface area contributed by atoms with Gasteiger partial charge in [-0.1, -0.05) is 55.7 Å². The van der Waals surface area contributed by atoms with Crippen LogP contribution < -0.4 is 0 Å². The van der Waals surface area contributed by atoms with E-state index < -0.39 is 5.97 Å². The van der Waals surface area contributed by atoms with Gasteiger partial charge in [-0.05, 0) is 32.1 Å². The molecule has 0 aliphatic carbocycles. The van der Waals surface area contributed by atoms with Gasteiger partial charge in [0, 0.05) is 12.8 Å². The lowest BCUT2D eigenvalue weighted by Crippen LogP contribution is -1.93. The van der Waals surface area contributed by atoms with Crippen molar-refractivity contribution in [3.63, 3.8) is 0 Å². The average Bonchev–Trinajstić information content (AvgIpc) is 2.46. The van der Waals surface area contributed by atoms with E-state index in [2.05, 4.69) is 24.3 Å². The first-order valence-electron chi connectivity index (χ1n) is 7.87. The SMILES string of the molecule is O=CCC=CCC=CCC=CCCCCCCCC(=O)O. The van der Waals surface area contributed by atoms with Gasteiger partial charge in [0.25, 0.3) is 0 Å². The fourth-order valence-electron chi connectivity index (χ4n) is 1.88. The fourth-order valence-corrected chi connectivity index (χ4v) is 1.88. The number of allylic oxidation sites excluding steroid dienone is 6. The maximum absolute atomic E-state index is 10.3. The molecule has 0 amide bonds. The minimum Gasteiger partial charge on any atom is -0.481 e. The van der Waals surface area contributed by atoms with Crippen molar-refractivity contribution in [2.24, 2.45) is 0 Å². The lowest BCUT2D eigenvalue weighted by atomic mass is 10.1. The van der Waals surface area contributed by atoms with E-state index >= 15 is 0 Å². The first kappa shape index (κ1) is 19.4. The summed E-state index contributed by atoms with van der Waals surface area (Å²) < 4.78 is 0. The van der Waals surface area contributed by atoms with Crippen molar-refractivity contribution >= 4 is 12.3 Å². The minimum atomic E-state index is -0.690. The van der Waals surface area contributed by atoms with E-state index in [9.17, 15) is 9.59 Å². The molecule has 0 saturated carbocycles. The highest BCUT2D eigenvalue weighted by atomic mass is 16.4. The van der Waals surface area contributed by atoms with Crippen LogP contribution in [0.25, 0.3) is 0 Å². The van der Waals surface area contributed by atoms with Gasteiger partial charge in [-0.25, -0.2) is 0 Å². The first-order valence-corrected chi connectivity index (χ1v) is 7.87. The molecule has 1 N–H and O–H groups in total. The predicted molar refractivity (Wildman–Crippen MR) is 87.3 cm³/mol. The van der Waals surface area contributed by atoms with Gasteiger partial charge in [0.1, 0.15) is 6.29 Å². The van der Waals surface area contributed by atoms with E-state index in [0.717, 1.165) is 44.8 Å². The molecule has 3 heteroatoms. The van der Waals surface area contributed by atoms with Gasteiger partial charge < -0.3 is 9.90 Å². The van der Waals surface area contributed by atoms with E-state index in [1.165, 1.54) is 12.8 Å². The molecule has 0 saturated heterocycles. The lowest BCUT2D eigenvalue weighted by Gasteiger charge is -1.98. The van der Waals surface area contributed by atoms with E-state index in [1.807, 2.05) is 12.2 Å². The molecule has 0 aliphatic rings. The summed E-state index contributed by atoms with van der Waals surface area (Å²) >= 11 is 0. The highest BCUT2D eigenvalue weighted by molar-refractivity contribution is 5.66. The number of hydrogen-bond acceptors (Lipinski definition) is 2. The third kappa shape index (κ3) is 18.4. The number of carbonyl (C=O) groups excluding carboxylic acids is 1. The van der Waals surface area contributed by atoms with Crippen molar-refractivity contribution < 1.29 is 14.7 Å². The average molecular weight is 292 g/mol.